The van der Waals surface area contributed by atoms with Crippen LogP contribution in [-0.2, 0) is 9.53 Å². The van der Waals surface area contributed by atoms with E-state index in [1.54, 1.807) is 31.2 Å². The smallest absolute Gasteiger partial charge is 0.341 e. The summed E-state index contributed by atoms with van der Waals surface area (Å²) in [7, 11) is 1.41. The van der Waals surface area contributed by atoms with E-state index < -0.39 is 11.9 Å². The third-order valence-electron chi connectivity index (χ3n) is 3.56. The zero-order valence-corrected chi connectivity index (χ0v) is 16.7. The molecule has 0 aliphatic rings. The highest BCUT2D eigenvalue weighted by molar-refractivity contribution is 6.34. The number of methoxy groups -OCH3 is 1. The van der Waals surface area contributed by atoms with E-state index in [0.717, 1.165) is 5.75 Å². The van der Waals surface area contributed by atoms with Crippen LogP contribution in [0.5, 0.6) is 17.2 Å². The van der Waals surface area contributed by atoms with Gasteiger partial charge in [0.1, 0.15) is 22.8 Å². The van der Waals surface area contributed by atoms with Crippen molar-refractivity contribution in [3.8, 4) is 17.2 Å². The molecule has 150 valence electrons. The van der Waals surface area contributed by atoms with Gasteiger partial charge in [-0.15, -0.1) is 0 Å². The van der Waals surface area contributed by atoms with Crippen LogP contribution in [0.15, 0.2) is 36.4 Å². The Labute approximate surface area is 168 Å². The second kappa shape index (κ2) is 10.4. The first-order valence-electron chi connectivity index (χ1n) is 8.68. The van der Waals surface area contributed by atoms with E-state index in [4.69, 9.17) is 30.5 Å². The molecule has 0 unspecified atom stereocenters. The Hall–Kier alpha value is -2.93. The quantitative estimate of drug-likeness (QED) is 0.634. The van der Waals surface area contributed by atoms with Crippen molar-refractivity contribution in [2.24, 2.45) is 0 Å². The summed E-state index contributed by atoms with van der Waals surface area (Å²) in [5, 5.41) is 2.81. The molecule has 2 aromatic carbocycles. The number of esters is 1. The normalized spacial score (nSPS) is 10.1. The number of carbonyl (C=O) groups is 2. The minimum Gasteiger partial charge on any atom is -0.496 e. The molecule has 0 aromatic heterocycles. The number of benzene rings is 2. The first kappa shape index (κ1) is 21.4. The van der Waals surface area contributed by atoms with Crippen molar-refractivity contribution in [2.45, 2.75) is 13.8 Å². The number of nitrogens with one attached hydrogen (secondary N) is 1. The third-order valence-corrected chi connectivity index (χ3v) is 3.88. The first-order chi connectivity index (χ1) is 13.5. The van der Waals surface area contributed by atoms with Crippen molar-refractivity contribution < 1.29 is 28.5 Å². The zero-order chi connectivity index (χ0) is 20.5. The molecule has 0 saturated carbocycles. The molecular formula is C20H22ClNO6. The Kier molecular flexibility index (Phi) is 7.95. The van der Waals surface area contributed by atoms with E-state index in [2.05, 4.69) is 5.32 Å². The number of halogens is 1. The lowest BCUT2D eigenvalue weighted by molar-refractivity contribution is -0.118. The van der Waals surface area contributed by atoms with Gasteiger partial charge in [0.05, 0.1) is 31.0 Å². The summed E-state index contributed by atoms with van der Waals surface area (Å²) >= 11 is 6.18. The molecule has 0 radical (unpaired) electrons. The fraction of sp³-hybridized carbons (Fsp3) is 0.300. The molecule has 0 aliphatic heterocycles. The highest BCUT2D eigenvalue weighted by Crippen LogP contribution is 2.31. The fourth-order valence-corrected chi connectivity index (χ4v) is 2.53. The number of ether oxygens (including phenoxy) is 4. The molecule has 1 amide bonds. The van der Waals surface area contributed by atoms with Gasteiger partial charge in [-0.1, -0.05) is 11.6 Å². The van der Waals surface area contributed by atoms with Crippen LogP contribution in [-0.4, -0.2) is 38.8 Å². The molecule has 0 aliphatic carbocycles. The van der Waals surface area contributed by atoms with Gasteiger partial charge in [-0.2, -0.15) is 0 Å². The van der Waals surface area contributed by atoms with Gasteiger partial charge < -0.3 is 24.3 Å². The van der Waals surface area contributed by atoms with E-state index in [1.807, 2.05) is 6.92 Å². The van der Waals surface area contributed by atoms with Crippen LogP contribution < -0.4 is 19.5 Å². The second-order valence-electron chi connectivity index (χ2n) is 5.49. The number of anilines is 1. The summed E-state index contributed by atoms with van der Waals surface area (Å²) < 4.78 is 21.0. The van der Waals surface area contributed by atoms with E-state index in [1.165, 1.54) is 19.2 Å². The lowest BCUT2D eigenvalue weighted by atomic mass is 10.1. The van der Waals surface area contributed by atoms with Gasteiger partial charge in [0.15, 0.2) is 6.61 Å². The second-order valence-corrected chi connectivity index (χ2v) is 5.90. The Morgan fingerprint density at radius 3 is 2.21 bits per heavy atom. The van der Waals surface area contributed by atoms with Gasteiger partial charge in [-0.25, -0.2) is 4.79 Å². The summed E-state index contributed by atoms with van der Waals surface area (Å²) in [6.45, 7) is 4.17. The summed E-state index contributed by atoms with van der Waals surface area (Å²) in [4.78, 5) is 24.1. The summed E-state index contributed by atoms with van der Waals surface area (Å²) in [6, 6.07) is 9.79. The van der Waals surface area contributed by atoms with Crippen molar-refractivity contribution in [1.82, 2.24) is 0 Å². The highest BCUT2D eigenvalue weighted by Gasteiger charge is 2.18. The summed E-state index contributed by atoms with van der Waals surface area (Å²) in [6.07, 6.45) is 0. The number of rotatable bonds is 9. The molecule has 8 heteroatoms. The molecular weight excluding hydrogens is 386 g/mol. The van der Waals surface area contributed by atoms with Crippen LogP contribution in [0, 0.1) is 0 Å². The average Bonchev–Trinajstić information content (AvgIpc) is 2.69. The molecule has 28 heavy (non-hydrogen) atoms. The van der Waals surface area contributed by atoms with Crippen molar-refractivity contribution in [3.05, 3.63) is 47.0 Å². The lowest BCUT2D eigenvalue weighted by Gasteiger charge is -2.13. The molecule has 7 nitrogen and oxygen atoms in total. The Morgan fingerprint density at radius 2 is 1.64 bits per heavy atom. The maximum Gasteiger partial charge on any atom is 0.341 e. The molecule has 0 bridgehead atoms. The number of carbonyl (C=O) groups excluding carboxylic acids is 2. The van der Waals surface area contributed by atoms with Crippen LogP contribution in [0.1, 0.15) is 24.2 Å². The predicted molar refractivity (Wildman–Crippen MR) is 106 cm³/mol. The van der Waals surface area contributed by atoms with Gasteiger partial charge in [0.25, 0.3) is 5.91 Å². The topological polar surface area (TPSA) is 83.1 Å². The molecule has 2 aromatic rings. The average molecular weight is 408 g/mol. The Balaban J connectivity index is 2.01. The summed E-state index contributed by atoms with van der Waals surface area (Å²) in [5.74, 6) is 0.519. The molecule has 2 rings (SSSR count). The largest absolute Gasteiger partial charge is 0.496 e. The molecule has 0 saturated heterocycles. The predicted octanol–water partition coefficient (Wildman–Crippen LogP) is 3.94. The fourth-order valence-electron chi connectivity index (χ4n) is 2.32. The van der Waals surface area contributed by atoms with E-state index in [-0.39, 0.29) is 29.5 Å². The third kappa shape index (κ3) is 5.79. The SMILES string of the molecule is CCOC(=O)c1cc(Cl)c(NC(=O)COc2ccc(OCC)cc2)cc1OC. The number of amides is 1. The molecule has 0 heterocycles. The molecule has 0 spiro atoms. The van der Waals surface area contributed by atoms with Crippen LogP contribution in [0.4, 0.5) is 5.69 Å². The number of hydrogen-bond acceptors (Lipinski definition) is 6. The van der Waals surface area contributed by atoms with Crippen molar-refractivity contribution in [1.29, 1.82) is 0 Å². The van der Waals surface area contributed by atoms with E-state index in [0.29, 0.717) is 18.0 Å². The van der Waals surface area contributed by atoms with Crippen LogP contribution >= 0.6 is 11.6 Å². The standard InChI is InChI=1S/C20H22ClNO6/c1-4-26-13-6-8-14(9-7-13)28-12-19(23)22-17-11-18(25-3)15(10-16(17)21)20(24)27-5-2/h6-11H,4-5,12H2,1-3H3,(H,22,23). The monoisotopic (exact) mass is 407 g/mol. The van der Waals surface area contributed by atoms with Crippen molar-refractivity contribution in [3.63, 3.8) is 0 Å². The Bertz CT molecular complexity index is 822. The first-order valence-corrected chi connectivity index (χ1v) is 9.06. The highest BCUT2D eigenvalue weighted by atomic mass is 35.5. The van der Waals surface area contributed by atoms with E-state index >= 15 is 0 Å². The van der Waals surface area contributed by atoms with Gasteiger partial charge in [0.2, 0.25) is 0 Å². The van der Waals surface area contributed by atoms with Crippen molar-refractivity contribution >= 4 is 29.2 Å². The zero-order valence-electron chi connectivity index (χ0n) is 15.9. The lowest BCUT2D eigenvalue weighted by Crippen LogP contribution is -2.20. The van der Waals surface area contributed by atoms with Crippen molar-refractivity contribution in [2.75, 3.05) is 32.2 Å². The van der Waals surface area contributed by atoms with Gasteiger partial charge in [-0.3, -0.25) is 4.79 Å². The van der Waals surface area contributed by atoms with Gasteiger partial charge in [0, 0.05) is 6.07 Å². The van der Waals surface area contributed by atoms with E-state index in [9.17, 15) is 9.59 Å². The molecule has 0 atom stereocenters. The minimum absolute atomic E-state index is 0.179. The van der Waals surface area contributed by atoms with Gasteiger partial charge >= 0.3 is 5.97 Å². The number of hydrogen-bond donors (Lipinski definition) is 1. The van der Waals surface area contributed by atoms with Crippen LogP contribution in [0.25, 0.3) is 0 Å². The molecule has 1 N–H and O–H groups in total. The maximum absolute atomic E-state index is 12.2. The minimum atomic E-state index is -0.557. The maximum atomic E-state index is 12.2. The van der Waals surface area contributed by atoms with Crippen LogP contribution in [0.3, 0.4) is 0 Å². The summed E-state index contributed by atoms with van der Waals surface area (Å²) in [5.41, 5.74) is 0.477. The Morgan fingerprint density at radius 1 is 1.00 bits per heavy atom. The molecule has 0 fully saturated rings. The van der Waals surface area contributed by atoms with Gasteiger partial charge in [-0.05, 0) is 44.2 Å². The van der Waals surface area contributed by atoms with Crippen LogP contribution in [0.2, 0.25) is 5.02 Å².